The highest BCUT2D eigenvalue weighted by atomic mass is 16.7. The van der Waals surface area contributed by atoms with E-state index in [2.05, 4.69) is 6.92 Å². The molecule has 0 bridgehead atoms. The number of hydrogen-bond donors (Lipinski definition) is 8. The van der Waals surface area contributed by atoms with Crippen LogP contribution in [0.4, 0.5) is 0 Å². The lowest BCUT2D eigenvalue weighted by Gasteiger charge is -2.42. The Morgan fingerprint density at radius 1 is 0.622 bits per heavy atom. The zero-order valence-corrected chi connectivity index (χ0v) is 26.6. The summed E-state index contributed by atoms with van der Waals surface area (Å²) >= 11 is 0. The maximum absolute atomic E-state index is 12.3. The van der Waals surface area contributed by atoms with Crippen molar-refractivity contribution in [3.63, 3.8) is 0 Å². The lowest BCUT2D eigenvalue weighted by Crippen LogP contribution is -2.61. The van der Waals surface area contributed by atoms with E-state index in [1.807, 2.05) is 0 Å². The van der Waals surface area contributed by atoms with E-state index in [4.69, 9.17) is 23.7 Å². The molecular formula is C31H58O14. The van der Waals surface area contributed by atoms with Crippen LogP contribution >= 0.6 is 0 Å². The molecule has 0 saturated carbocycles. The Hall–Kier alpha value is -1.01. The van der Waals surface area contributed by atoms with Crippen LogP contribution in [-0.2, 0) is 28.5 Å². The topological polar surface area (TPSA) is 225 Å². The van der Waals surface area contributed by atoms with Crippen LogP contribution in [-0.4, -0.2) is 141 Å². The molecule has 0 aromatic heterocycles. The fourth-order valence-electron chi connectivity index (χ4n) is 5.44. The molecule has 8 N–H and O–H groups in total. The first-order chi connectivity index (χ1) is 21.6. The summed E-state index contributed by atoms with van der Waals surface area (Å²) in [4.78, 5) is 12.3. The van der Waals surface area contributed by atoms with E-state index < -0.39 is 93.3 Å². The first-order valence-corrected chi connectivity index (χ1v) is 16.7. The number of carbonyl (C=O) groups is 1. The second kappa shape index (κ2) is 22.5. The monoisotopic (exact) mass is 654 g/mol. The van der Waals surface area contributed by atoms with Gasteiger partial charge in [0.15, 0.2) is 12.6 Å². The first kappa shape index (κ1) is 40.2. The molecule has 2 fully saturated rings. The molecule has 0 amide bonds. The molecule has 2 aliphatic heterocycles. The minimum Gasteiger partial charge on any atom is -0.457 e. The highest BCUT2D eigenvalue weighted by Crippen LogP contribution is 2.26. The van der Waals surface area contributed by atoms with Crippen molar-refractivity contribution in [3.05, 3.63) is 0 Å². The second-order valence-corrected chi connectivity index (χ2v) is 12.2. The van der Waals surface area contributed by atoms with Gasteiger partial charge in [-0.1, -0.05) is 84.0 Å². The van der Waals surface area contributed by atoms with Crippen LogP contribution in [0.25, 0.3) is 0 Å². The number of esters is 1. The molecule has 2 heterocycles. The normalized spacial score (nSPS) is 32.8. The van der Waals surface area contributed by atoms with Gasteiger partial charge in [-0.15, -0.1) is 0 Å². The van der Waals surface area contributed by atoms with E-state index in [1.54, 1.807) is 0 Å². The summed E-state index contributed by atoms with van der Waals surface area (Å²) in [7, 11) is 0. The Morgan fingerprint density at radius 2 is 1.09 bits per heavy atom. The summed E-state index contributed by atoms with van der Waals surface area (Å²) in [5.41, 5.74) is 0. The Labute approximate surface area is 266 Å². The maximum atomic E-state index is 12.3. The standard InChI is InChI=1S/C31H58O14/c1-2-3-4-5-6-7-8-9-10-11-12-13-14-15-23(34)43-20(16-32)18-41-30-29(40)27(38)25(36)22(45-30)19-42-31-28(39)26(37)24(35)21(17-33)44-31/h20-22,24-33,35-40H,2-19H2,1H3/t20-,21-,22-,24+,25+,26+,27+,28-,29-,30-,31+/m1/s1. The molecule has 45 heavy (non-hydrogen) atoms. The predicted molar refractivity (Wildman–Crippen MR) is 160 cm³/mol. The molecular weight excluding hydrogens is 596 g/mol. The van der Waals surface area contributed by atoms with Gasteiger partial charge in [0.2, 0.25) is 0 Å². The van der Waals surface area contributed by atoms with Gasteiger partial charge in [-0.2, -0.15) is 0 Å². The summed E-state index contributed by atoms with van der Waals surface area (Å²) in [5, 5.41) is 80.0. The average Bonchev–Trinajstić information content (AvgIpc) is 3.04. The zero-order chi connectivity index (χ0) is 33.2. The van der Waals surface area contributed by atoms with Gasteiger partial charge >= 0.3 is 5.97 Å². The fraction of sp³-hybridized carbons (Fsp3) is 0.968. The van der Waals surface area contributed by atoms with Crippen LogP contribution in [0.2, 0.25) is 0 Å². The average molecular weight is 655 g/mol. The van der Waals surface area contributed by atoms with Crippen LogP contribution in [0.5, 0.6) is 0 Å². The summed E-state index contributed by atoms with van der Waals surface area (Å²) < 4.78 is 26.9. The van der Waals surface area contributed by atoms with Crippen molar-refractivity contribution in [1.29, 1.82) is 0 Å². The van der Waals surface area contributed by atoms with Crippen molar-refractivity contribution >= 4 is 5.97 Å². The molecule has 0 aromatic rings. The summed E-state index contributed by atoms with van der Waals surface area (Å²) in [6.07, 6.45) is -0.998. The molecule has 14 heteroatoms. The highest BCUT2D eigenvalue weighted by molar-refractivity contribution is 5.69. The minimum atomic E-state index is -1.72. The SMILES string of the molecule is CCCCCCCCCCCCCCCC(=O)O[C@H](CO)CO[C@@H]1O[C@H](CO[C@H]2O[C@H](CO)[C@H](O)[C@H](O)[C@H]2O)[C@H](O)[C@H](O)[C@H]1O. The van der Waals surface area contributed by atoms with Crippen LogP contribution in [0, 0.1) is 0 Å². The lowest BCUT2D eigenvalue weighted by atomic mass is 9.98. The van der Waals surface area contributed by atoms with E-state index in [1.165, 1.54) is 57.8 Å². The predicted octanol–water partition coefficient (Wildman–Crippen LogP) is 0.0125. The third-order valence-electron chi connectivity index (χ3n) is 8.37. The molecule has 0 aromatic carbocycles. The highest BCUT2D eigenvalue weighted by Gasteiger charge is 2.47. The van der Waals surface area contributed by atoms with Gasteiger partial charge in [0.05, 0.1) is 26.4 Å². The van der Waals surface area contributed by atoms with Gasteiger partial charge < -0.3 is 64.5 Å². The molecule has 0 spiro atoms. The van der Waals surface area contributed by atoms with Crippen molar-refractivity contribution in [2.45, 2.75) is 164 Å². The second-order valence-electron chi connectivity index (χ2n) is 12.2. The van der Waals surface area contributed by atoms with E-state index in [0.29, 0.717) is 6.42 Å². The third kappa shape index (κ3) is 13.9. The zero-order valence-electron chi connectivity index (χ0n) is 26.6. The fourth-order valence-corrected chi connectivity index (χ4v) is 5.44. The smallest absolute Gasteiger partial charge is 0.306 e. The van der Waals surface area contributed by atoms with Crippen molar-refractivity contribution in [2.75, 3.05) is 26.4 Å². The lowest BCUT2D eigenvalue weighted by molar-refractivity contribution is -0.332. The Kier molecular flexibility index (Phi) is 20.1. The Bertz CT molecular complexity index is 773. The molecule has 0 radical (unpaired) electrons. The molecule has 2 saturated heterocycles. The summed E-state index contributed by atoms with van der Waals surface area (Å²) in [5.74, 6) is -0.493. The first-order valence-electron chi connectivity index (χ1n) is 16.7. The maximum Gasteiger partial charge on any atom is 0.306 e. The number of aliphatic hydroxyl groups is 8. The number of ether oxygens (including phenoxy) is 5. The number of aliphatic hydroxyl groups excluding tert-OH is 8. The molecule has 2 rings (SSSR count). The Morgan fingerprint density at radius 3 is 1.60 bits per heavy atom. The van der Waals surface area contributed by atoms with Gasteiger partial charge in [0.25, 0.3) is 0 Å². The van der Waals surface area contributed by atoms with Crippen LogP contribution in [0.15, 0.2) is 0 Å². The van der Waals surface area contributed by atoms with Crippen LogP contribution in [0.1, 0.15) is 96.8 Å². The number of rotatable bonds is 23. The number of hydrogen-bond acceptors (Lipinski definition) is 14. The van der Waals surface area contributed by atoms with E-state index in [-0.39, 0.29) is 13.0 Å². The number of unbranched alkanes of at least 4 members (excludes halogenated alkanes) is 12. The van der Waals surface area contributed by atoms with E-state index >= 15 is 0 Å². The largest absolute Gasteiger partial charge is 0.457 e. The van der Waals surface area contributed by atoms with Crippen LogP contribution in [0.3, 0.4) is 0 Å². The molecule has 11 atom stereocenters. The van der Waals surface area contributed by atoms with Crippen molar-refractivity contribution in [2.24, 2.45) is 0 Å². The molecule has 266 valence electrons. The van der Waals surface area contributed by atoms with Crippen LogP contribution < -0.4 is 0 Å². The van der Waals surface area contributed by atoms with Gasteiger partial charge in [-0.05, 0) is 6.42 Å². The molecule has 14 nitrogen and oxygen atoms in total. The van der Waals surface area contributed by atoms with Gasteiger partial charge in [-0.25, -0.2) is 0 Å². The summed E-state index contributed by atoms with van der Waals surface area (Å²) in [6, 6.07) is 0. The van der Waals surface area contributed by atoms with Gasteiger partial charge in [-0.3, -0.25) is 4.79 Å². The Balaban J connectivity index is 1.66. The van der Waals surface area contributed by atoms with Crippen molar-refractivity contribution in [1.82, 2.24) is 0 Å². The van der Waals surface area contributed by atoms with Gasteiger partial charge in [0, 0.05) is 6.42 Å². The minimum absolute atomic E-state index is 0.194. The number of carbonyl (C=O) groups excluding carboxylic acids is 1. The molecule has 0 aliphatic carbocycles. The van der Waals surface area contributed by atoms with E-state index in [9.17, 15) is 45.6 Å². The third-order valence-corrected chi connectivity index (χ3v) is 8.37. The van der Waals surface area contributed by atoms with Crippen molar-refractivity contribution in [3.8, 4) is 0 Å². The summed E-state index contributed by atoms with van der Waals surface area (Å²) in [6.45, 7) is 0.131. The van der Waals surface area contributed by atoms with Crippen molar-refractivity contribution < 1.29 is 69.3 Å². The molecule has 2 aliphatic rings. The molecule has 0 unspecified atom stereocenters. The van der Waals surface area contributed by atoms with Gasteiger partial charge in [0.1, 0.15) is 54.9 Å². The van der Waals surface area contributed by atoms with E-state index in [0.717, 1.165) is 19.3 Å². The quantitative estimate of drug-likeness (QED) is 0.0537.